The van der Waals surface area contributed by atoms with Crippen molar-refractivity contribution in [3.63, 3.8) is 0 Å². The van der Waals surface area contributed by atoms with Crippen LogP contribution in [0.1, 0.15) is 13.8 Å². The molecule has 0 aliphatic heterocycles. The summed E-state index contributed by atoms with van der Waals surface area (Å²) >= 11 is 0. The average molecular weight is 333 g/mol. The van der Waals surface area contributed by atoms with Crippen molar-refractivity contribution in [1.29, 1.82) is 0 Å². The van der Waals surface area contributed by atoms with E-state index in [2.05, 4.69) is 0 Å². The third kappa shape index (κ3) is 4.32. The van der Waals surface area contributed by atoms with Gasteiger partial charge in [0.1, 0.15) is 6.54 Å². The standard InChI is InChI=1S/C17H19NO4S/c1-14(2)22-17(19)13-18(15-9-5-3-6-10-15)23(20,21)16-11-7-4-8-12-16/h3-12,14H,13H2,1-2H3. The highest BCUT2D eigenvalue weighted by Crippen LogP contribution is 2.23. The molecule has 0 saturated heterocycles. The second kappa shape index (κ2) is 7.28. The summed E-state index contributed by atoms with van der Waals surface area (Å²) in [6, 6.07) is 16.5. The van der Waals surface area contributed by atoms with Crippen LogP contribution in [0.15, 0.2) is 65.6 Å². The van der Waals surface area contributed by atoms with Gasteiger partial charge >= 0.3 is 5.97 Å². The van der Waals surface area contributed by atoms with Gasteiger partial charge in [0.2, 0.25) is 0 Å². The highest BCUT2D eigenvalue weighted by molar-refractivity contribution is 7.92. The minimum Gasteiger partial charge on any atom is -0.462 e. The summed E-state index contributed by atoms with van der Waals surface area (Å²) in [7, 11) is -3.85. The van der Waals surface area contributed by atoms with Crippen LogP contribution in [0.25, 0.3) is 0 Å². The highest BCUT2D eigenvalue weighted by atomic mass is 32.2. The van der Waals surface area contributed by atoms with E-state index in [1.807, 2.05) is 0 Å². The van der Waals surface area contributed by atoms with Crippen LogP contribution in [0, 0.1) is 0 Å². The number of para-hydroxylation sites is 1. The Hall–Kier alpha value is -2.34. The Kier molecular flexibility index (Phi) is 5.39. The van der Waals surface area contributed by atoms with Crippen LogP contribution in [0.2, 0.25) is 0 Å². The van der Waals surface area contributed by atoms with E-state index in [1.54, 1.807) is 62.4 Å². The largest absolute Gasteiger partial charge is 0.462 e. The molecule has 0 atom stereocenters. The van der Waals surface area contributed by atoms with Gasteiger partial charge in [0.15, 0.2) is 0 Å². The van der Waals surface area contributed by atoms with Crippen LogP contribution < -0.4 is 4.31 Å². The number of hydrogen-bond donors (Lipinski definition) is 0. The van der Waals surface area contributed by atoms with Crippen molar-refractivity contribution in [2.45, 2.75) is 24.8 Å². The molecule has 0 aliphatic carbocycles. The van der Waals surface area contributed by atoms with E-state index in [0.29, 0.717) is 5.69 Å². The SMILES string of the molecule is CC(C)OC(=O)CN(c1ccccc1)S(=O)(=O)c1ccccc1. The topological polar surface area (TPSA) is 63.7 Å². The summed E-state index contributed by atoms with van der Waals surface area (Å²) in [5.74, 6) is -0.594. The van der Waals surface area contributed by atoms with E-state index in [0.717, 1.165) is 4.31 Å². The zero-order chi connectivity index (χ0) is 16.9. The first-order valence-electron chi connectivity index (χ1n) is 7.23. The van der Waals surface area contributed by atoms with Gasteiger partial charge in [-0.05, 0) is 38.1 Å². The minimum absolute atomic E-state index is 0.126. The first-order chi connectivity index (χ1) is 10.9. The van der Waals surface area contributed by atoms with Crippen molar-refractivity contribution < 1.29 is 17.9 Å². The van der Waals surface area contributed by atoms with Gasteiger partial charge in [0.25, 0.3) is 10.0 Å². The van der Waals surface area contributed by atoms with Crippen molar-refractivity contribution in [3.05, 3.63) is 60.7 Å². The Labute approximate surface area is 136 Å². The molecule has 0 spiro atoms. The molecule has 0 aliphatic rings. The Bertz CT molecular complexity index is 743. The molecule has 2 aromatic rings. The van der Waals surface area contributed by atoms with Crippen LogP contribution in [0.3, 0.4) is 0 Å². The summed E-state index contributed by atoms with van der Waals surface area (Å²) in [4.78, 5) is 12.1. The third-order valence-electron chi connectivity index (χ3n) is 3.02. The Balaban J connectivity index is 2.40. The number of ether oxygens (including phenoxy) is 1. The van der Waals surface area contributed by atoms with Crippen LogP contribution in [-0.4, -0.2) is 27.0 Å². The Morgan fingerprint density at radius 2 is 1.52 bits per heavy atom. The number of nitrogens with zero attached hydrogens (tertiary/aromatic N) is 1. The van der Waals surface area contributed by atoms with E-state index in [4.69, 9.17) is 4.74 Å². The first-order valence-corrected chi connectivity index (χ1v) is 8.67. The maximum absolute atomic E-state index is 12.9. The van der Waals surface area contributed by atoms with Gasteiger partial charge in [0.05, 0.1) is 16.7 Å². The van der Waals surface area contributed by atoms with Crippen molar-refractivity contribution >= 4 is 21.7 Å². The lowest BCUT2D eigenvalue weighted by molar-refractivity contribution is -0.145. The van der Waals surface area contributed by atoms with Gasteiger partial charge in [-0.3, -0.25) is 9.10 Å². The number of carbonyl (C=O) groups excluding carboxylic acids is 1. The van der Waals surface area contributed by atoms with E-state index >= 15 is 0 Å². The minimum atomic E-state index is -3.85. The van der Waals surface area contributed by atoms with Crippen molar-refractivity contribution in [1.82, 2.24) is 0 Å². The maximum Gasteiger partial charge on any atom is 0.327 e. The number of carbonyl (C=O) groups is 1. The van der Waals surface area contributed by atoms with E-state index in [9.17, 15) is 13.2 Å². The molecule has 0 saturated carbocycles. The lowest BCUT2D eigenvalue weighted by atomic mass is 10.3. The van der Waals surface area contributed by atoms with Gasteiger partial charge in [-0.2, -0.15) is 0 Å². The van der Waals surface area contributed by atoms with E-state index in [1.165, 1.54) is 12.1 Å². The summed E-state index contributed by atoms with van der Waals surface area (Å²) in [6.45, 7) is 3.06. The third-order valence-corrected chi connectivity index (χ3v) is 4.80. The Morgan fingerprint density at radius 3 is 2.04 bits per heavy atom. The Morgan fingerprint density at radius 1 is 1.00 bits per heavy atom. The smallest absolute Gasteiger partial charge is 0.327 e. The molecule has 6 heteroatoms. The van der Waals surface area contributed by atoms with Crippen LogP contribution in [0.4, 0.5) is 5.69 Å². The van der Waals surface area contributed by atoms with E-state index < -0.39 is 16.0 Å². The number of benzene rings is 2. The predicted molar refractivity (Wildman–Crippen MR) is 88.6 cm³/mol. The molecule has 23 heavy (non-hydrogen) atoms. The highest BCUT2D eigenvalue weighted by Gasteiger charge is 2.27. The van der Waals surface area contributed by atoms with Gasteiger partial charge in [-0.25, -0.2) is 8.42 Å². The molecule has 0 aromatic heterocycles. The number of rotatable bonds is 6. The lowest BCUT2D eigenvalue weighted by Gasteiger charge is -2.24. The molecule has 0 amide bonds. The summed E-state index contributed by atoms with van der Waals surface area (Å²) in [5, 5.41) is 0. The van der Waals surface area contributed by atoms with Gasteiger partial charge < -0.3 is 4.74 Å². The molecule has 5 nitrogen and oxygen atoms in total. The molecular formula is C17H19NO4S. The molecule has 0 N–H and O–H groups in total. The van der Waals surface area contributed by atoms with Crippen molar-refractivity contribution in [2.75, 3.05) is 10.8 Å². The van der Waals surface area contributed by atoms with Gasteiger partial charge in [0, 0.05) is 0 Å². The normalized spacial score (nSPS) is 11.3. The molecule has 0 bridgehead atoms. The predicted octanol–water partition coefficient (Wildman–Crippen LogP) is 2.83. The van der Waals surface area contributed by atoms with Crippen LogP contribution in [-0.2, 0) is 19.6 Å². The summed E-state index contributed by atoms with van der Waals surface area (Å²) < 4.78 is 31.9. The fourth-order valence-corrected chi connectivity index (χ4v) is 3.48. The number of esters is 1. The molecule has 0 radical (unpaired) electrons. The average Bonchev–Trinajstić information content (AvgIpc) is 2.53. The maximum atomic E-state index is 12.9. The number of anilines is 1. The molecular weight excluding hydrogens is 314 g/mol. The van der Waals surface area contributed by atoms with Gasteiger partial charge in [-0.1, -0.05) is 36.4 Å². The van der Waals surface area contributed by atoms with Crippen LogP contribution >= 0.6 is 0 Å². The van der Waals surface area contributed by atoms with E-state index in [-0.39, 0.29) is 17.5 Å². The summed E-state index contributed by atoms with van der Waals surface area (Å²) in [6.07, 6.45) is -0.306. The fraction of sp³-hybridized carbons (Fsp3) is 0.235. The quantitative estimate of drug-likeness (QED) is 0.763. The number of hydrogen-bond acceptors (Lipinski definition) is 4. The van der Waals surface area contributed by atoms with Crippen molar-refractivity contribution in [2.24, 2.45) is 0 Å². The monoisotopic (exact) mass is 333 g/mol. The lowest BCUT2D eigenvalue weighted by Crippen LogP contribution is -2.37. The molecule has 122 valence electrons. The second-order valence-corrected chi connectivity index (χ2v) is 7.06. The molecule has 0 fully saturated rings. The van der Waals surface area contributed by atoms with Gasteiger partial charge in [-0.15, -0.1) is 0 Å². The van der Waals surface area contributed by atoms with Crippen molar-refractivity contribution in [3.8, 4) is 0 Å². The zero-order valence-electron chi connectivity index (χ0n) is 13.0. The molecule has 0 heterocycles. The molecule has 2 rings (SSSR count). The fourth-order valence-electron chi connectivity index (χ4n) is 2.05. The first kappa shape index (κ1) is 17.0. The number of sulfonamides is 1. The molecule has 0 unspecified atom stereocenters. The molecule has 2 aromatic carbocycles. The van der Waals surface area contributed by atoms with Crippen LogP contribution in [0.5, 0.6) is 0 Å². The summed E-state index contributed by atoms with van der Waals surface area (Å²) in [5.41, 5.74) is 0.414. The zero-order valence-corrected chi connectivity index (χ0v) is 13.9. The second-order valence-electron chi connectivity index (χ2n) is 5.20.